The number of nitrogens with one attached hydrogen (secondary N) is 3. The summed E-state index contributed by atoms with van der Waals surface area (Å²) in [5.41, 5.74) is 6.10. The highest BCUT2D eigenvalue weighted by Gasteiger charge is 2.08. The van der Waals surface area contributed by atoms with Crippen LogP contribution in [0, 0.1) is 12.7 Å². The molecule has 0 bridgehead atoms. The van der Waals surface area contributed by atoms with Crippen LogP contribution in [-0.2, 0) is 0 Å². The van der Waals surface area contributed by atoms with Gasteiger partial charge in [0.2, 0.25) is 0 Å². The number of halogens is 1. The van der Waals surface area contributed by atoms with Gasteiger partial charge >= 0.3 is 0 Å². The Hall–Kier alpha value is -4.78. The quantitative estimate of drug-likeness (QED) is 0.258. The minimum atomic E-state index is -0.323. The number of carbonyl (C=O) groups excluding carboxylic acids is 1. The molecule has 0 unspecified atom stereocenters. The van der Waals surface area contributed by atoms with Crippen LogP contribution >= 0.6 is 0 Å². The summed E-state index contributed by atoms with van der Waals surface area (Å²) >= 11 is 0. The number of aromatic nitrogens is 2. The number of fused-ring (bicyclic) bond motifs is 1. The first-order valence-electron chi connectivity index (χ1n) is 11.1. The molecule has 0 saturated carbocycles. The molecular weight excluding hydrogens is 441 g/mol. The van der Waals surface area contributed by atoms with Gasteiger partial charge in [0.15, 0.2) is 0 Å². The molecule has 0 aliphatic heterocycles. The molecule has 0 fully saturated rings. The summed E-state index contributed by atoms with van der Waals surface area (Å²) in [7, 11) is 0. The van der Waals surface area contributed by atoms with E-state index >= 15 is 0 Å². The Labute approximate surface area is 201 Å². The van der Waals surface area contributed by atoms with E-state index in [1.54, 1.807) is 36.7 Å². The van der Waals surface area contributed by atoms with Crippen LogP contribution in [0.4, 0.5) is 32.8 Å². The molecule has 0 aliphatic carbocycles. The van der Waals surface area contributed by atoms with Crippen molar-refractivity contribution in [3.8, 4) is 0 Å². The van der Waals surface area contributed by atoms with Crippen molar-refractivity contribution in [3.05, 3.63) is 114 Å². The molecule has 7 heteroatoms. The van der Waals surface area contributed by atoms with E-state index in [1.165, 1.54) is 12.1 Å². The molecule has 2 heterocycles. The van der Waals surface area contributed by atoms with E-state index in [2.05, 4.69) is 25.9 Å². The van der Waals surface area contributed by atoms with Gasteiger partial charge in [-0.05, 0) is 85.8 Å². The number of aryl methyl sites for hydroxylation is 1. The third-order valence-corrected chi connectivity index (χ3v) is 5.44. The van der Waals surface area contributed by atoms with Gasteiger partial charge in [0.25, 0.3) is 5.91 Å². The van der Waals surface area contributed by atoms with E-state index in [-0.39, 0.29) is 11.7 Å². The second-order valence-corrected chi connectivity index (χ2v) is 8.07. The van der Waals surface area contributed by atoms with Gasteiger partial charge in [-0.15, -0.1) is 0 Å². The maximum absolute atomic E-state index is 13.7. The largest absolute Gasteiger partial charge is 0.355 e. The predicted molar refractivity (Wildman–Crippen MR) is 138 cm³/mol. The summed E-state index contributed by atoms with van der Waals surface area (Å²) in [6.45, 7) is 1.93. The highest BCUT2D eigenvalue weighted by Crippen LogP contribution is 2.26. The summed E-state index contributed by atoms with van der Waals surface area (Å²) in [5, 5.41) is 10.2. The molecule has 0 aliphatic rings. The van der Waals surface area contributed by atoms with Gasteiger partial charge in [-0.25, -0.2) is 4.39 Å². The Morgan fingerprint density at radius 1 is 0.743 bits per heavy atom. The summed E-state index contributed by atoms with van der Waals surface area (Å²) < 4.78 is 13.7. The van der Waals surface area contributed by atoms with Crippen LogP contribution in [0.15, 0.2) is 97.3 Å². The maximum Gasteiger partial charge on any atom is 0.255 e. The maximum atomic E-state index is 13.7. The van der Waals surface area contributed by atoms with Crippen LogP contribution in [-0.4, -0.2) is 15.9 Å². The predicted octanol–water partition coefficient (Wildman–Crippen LogP) is 6.82. The normalized spacial score (nSPS) is 10.7. The molecule has 0 saturated heterocycles. The van der Waals surface area contributed by atoms with Gasteiger partial charge in [0.1, 0.15) is 5.82 Å². The summed E-state index contributed by atoms with van der Waals surface area (Å²) in [5.74, 6) is -0.541. The molecule has 5 rings (SSSR count). The number of amides is 1. The van der Waals surface area contributed by atoms with Crippen molar-refractivity contribution in [1.82, 2.24) is 9.97 Å². The van der Waals surface area contributed by atoms with E-state index < -0.39 is 0 Å². The summed E-state index contributed by atoms with van der Waals surface area (Å²) in [6.07, 6.45) is 3.42. The molecule has 6 nitrogen and oxygen atoms in total. The smallest absolute Gasteiger partial charge is 0.255 e. The lowest BCUT2D eigenvalue weighted by molar-refractivity contribution is 0.102. The molecule has 3 N–H and O–H groups in total. The molecule has 2 aromatic heterocycles. The van der Waals surface area contributed by atoms with E-state index in [1.807, 2.05) is 55.5 Å². The molecule has 0 radical (unpaired) electrons. The van der Waals surface area contributed by atoms with Crippen LogP contribution in [0.3, 0.4) is 0 Å². The number of benzene rings is 3. The molecule has 0 atom stereocenters. The zero-order chi connectivity index (χ0) is 24.2. The highest BCUT2D eigenvalue weighted by atomic mass is 19.1. The lowest BCUT2D eigenvalue weighted by atomic mass is 10.1. The van der Waals surface area contributed by atoms with Gasteiger partial charge in [-0.3, -0.25) is 14.8 Å². The van der Waals surface area contributed by atoms with Crippen LogP contribution in [0.1, 0.15) is 16.1 Å². The fourth-order valence-electron chi connectivity index (χ4n) is 3.76. The van der Waals surface area contributed by atoms with Gasteiger partial charge < -0.3 is 16.0 Å². The molecule has 35 heavy (non-hydrogen) atoms. The zero-order valence-corrected chi connectivity index (χ0v) is 18.9. The Kier molecular flexibility index (Phi) is 6.05. The number of anilines is 5. The first-order valence-corrected chi connectivity index (χ1v) is 11.1. The topological polar surface area (TPSA) is 78.9 Å². The third kappa shape index (κ3) is 5.25. The van der Waals surface area contributed by atoms with Gasteiger partial charge in [-0.1, -0.05) is 6.07 Å². The second-order valence-electron chi connectivity index (χ2n) is 8.07. The van der Waals surface area contributed by atoms with Crippen molar-refractivity contribution in [3.63, 3.8) is 0 Å². The second kappa shape index (κ2) is 9.61. The third-order valence-electron chi connectivity index (χ3n) is 5.44. The number of carbonyl (C=O) groups is 1. The molecule has 1 amide bonds. The van der Waals surface area contributed by atoms with Crippen LogP contribution in [0.5, 0.6) is 0 Å². The lowest BCUT2D eigenvalue weighted by Gasteiger charge is -2.11. The van der Waals surface area contributed by atoms with Gasteiger partial charge in [-0.2, -0.15) is 0 Å². The van der Waals surface area contributed by atoms with Crippen molar-refractivity contribution in [1.29, 1.82) is 0 Å². The average Bonchev–Trinajstić information content (AvgIpc) is 2.85. The van der Waals surface area contributed by atoms with E-state index in [0.717, 1.165) is 28.4 Å². The molecular formula is C28H22FN5O. The molecule has 5 aromatic rings. The van der Waals surface area contributed by atoms with Gasteiger partial charge in [0.05, 0.1) is 5.52 Å². The van der Waals surface area contributed by atoms with Crippen molar-refractivity contribution in [2.75, 3.05) is 16.0 Å². The van der Waals surface area contributed by atoms with Crippen molar-refractivity contribution < 1.29 is 9.18 Å². The first-order chi connectivity index (χ1) is 17.0. The molecule has 172 valence electrons. The molecule has 3 aromatic carbocycles. The SMILES string of the molecule is Cc1cc(Nc2cccc(NC(=O)c3ccc(Nc4ccnc5ccc(F)cc45)cc3)c2)ccn1. The minimum absolute atomic E-state index is 0.218. The first kappa shape index (κ1) is 22.0. The number of hydrogen-bond acceptors (Lipinski definition) is 5. The molecule has 0 spiro atoms. The van der Waals surface area contributed by atoms with Gasteiger partial charge in [0, 0.05) is 57.5 Å². The standard InChI is InChI=1S/C28H22FN5O/c1-18-15-24(11-13-30-18)32-22-3-2-4-23(17-22)34-28(35)19-5-8-21(9-6-19)33-27-12-14-31-26-10-7-20(29)16-25(26)27/h2-17H,1H3,(H,30,32)(H,31,33)(H,34,35). The minimum Gasteiger partial charge on any atom is -0.355 e. The number of hydrogen-bond donors (Lipinski definition) is 3. The van der Waals surface area contributed by atoms with E-state index in [9.17, 15) is 9.18 Å². The fraction of sp³-hybridized carbons (Fsp3) is 0.0357. The zero-order valence-electron chi connectivity index (χ0n) is 18.9. The van der Waals surface area contributed by atoms with Crippen molar-refractivity contribution in [2.45, 2.75) is 6.92 Å². The fourth-order valence-corrected chi connectivity index (χ4v) is 3.76. The van der Waals surface area contributed by atoms with E-state index in [4.69, 9.17) is 0 Å². The number of nitrogens with zero attached hydrogens (tertiary/aromatic N) is 2. The van der Waals surface area contributed by atoms with Crippen molar-refractivity contribution >= 4 is 45.2 Å². The lowest BCUT2D eigenvalue weighted by Crippen LogP contribution is -2.11. The number of pyridine rings is 2. The summed E-state index contributed by atoms with van der Waals surface area (Å²) in [4.78, 5) is 21.3. The van der Waals surface area contributed by atoms with E-state index in [0.29, 0.717) is 22.2 Å². The van der Waals surface area contributed by atoms with Crippen molar-refractivity contribution in [2.24, 2.45) is 0 Å². The Balaban J connectivity index is 1.27. The Morgan fingerprint density at radius 2 is 1.51 bits per heavy atom. The average molecular weight is 464 g/mol. The summed E-state index contributed by atoms with van der Waals surface area (Å²) in [6, 6.07) is 24.7. The number of rotatable bonds is 6. The highest BCUT2D eigenvalue weighted by molar-refractivity contribution is 6.04. The van der Waals surface area contributed by atoms with Crippen LogP contribution in [0.25, 0.3) is 10.9 Å². The van der Waals surface area contributed by atoms with Crippen LogP contribution in [0.2, 0.25) is 0 Å². The van der Waals surface area contributed by atoms with Crippen LogP contribution < -0.4 is 16.0 Å². The monoisotopic (exact) mass is 463 g/mol. The Bertz CT molecular complexity index is 1520. The Morgan fingerprint density at radius 3 is 2.34 bits per heavy atom.